The Balaban J connectivity index is -0.0000000579. The summed E-state index contributed by atoms with van der Waals surface area (Å²) in [6, 6.07) is 0. The van der Waals surface area contributed by atoms with Gasteiger partial charge < -0.3 is 20.3 Å². The summed E-state index contributed by atoms with van der Waals surface area (Å²) in [6.45, 7) is 18.2. The van der Waals surface area contributed by atoms with E-state index in [9.17, 15) is 0 Å². The Hall–Kier alpha value is -0.420. The molecular formula is C17H43NO3. The van der Waals surface area contributed by atoms with Crippen LogP contribution in [0.3, 0.4) is 0 Å². The molecular weight excluding hydrogens is 266 g/mol. The average Bonchev–Trinajstić information content (AvgIpc) is 2.41. The Bertz CT molecular complexity index is 170. The van der Waals surface area contributed by atoms with Crippen molar-refractivity contribution in [3.63, 3.8) is 0 Å². The van der Waals surface area contributed by atoms with Gasteiger partial charge in [0.25, 0.3) is 0 Å². The first-order valence-electron chi connectivity index (χ1n) is 6.85. The minimum atomic E-state index is -0.139. The summed E-state index contributed by atoms with van der Waals surface area (Å²) in [5.74, 6) is 0. The van der Waals surface area contributed by atoms with E-state index in [2.05, 4.69) is 27.4 Å². The summed E-state index contributed by atoms with van der Waals surface area (Å²) >= 11 is 0. The maximum atomic E-state index is 7.00. The average molecular weight is 310 g/mol. The summed E-state index contributed by atoms with van der Waals surface area (Å²) in [5.41, 5.74) is 6.40. The fraction of sp³-hybridized carbons (Fsp3) is 0.882. The first-order chi connectivity index (χ1) is 8.97. The predicted octanol–water partition coefficient (Wildman–Crippen LogP) is 4.02. The fourth-order valence-electron chi connectivity index (χ4n) is 0.228. The topological polar surface area (TPSA) is 64.7 Å². The van der Waals surface area contributed by atoms with Crippen LogP contribution in [0, 0.1) is 0 Å². The number of allylic oxidation sites excluding steroid dienone is 1. The lowest BCUT2D eigenvalue weighted by atomic mass is 10.1. The van der Waals surface area contributed by atoms with Crippen LogP contribution in [0.2, 0.25) is 0 Å². The molecule has 0 aromatic heterocycles. The van der Waals surface area contributed by atoms with E-state index in [-0.39, 0.29) is 18.6 Å². The minimum absolute atomic E-state index is 0. The smallest absolute Gasteiger partial charge is 0.0744 e. The van der Waals surface area contributed by atoms with E-state index in [1.54, 1.807) is 14.2 Å². The van der Waals surface area contributed by atoms with Crippen molar-refractivity contribution in [3.8, 4) is 0 Å². The third kappa shape index (κ3) is 45.1. The largest absolute Gasteiger partial charge is 0.400 e. The molecule has 0 bridgehead atoms. The van der Waals surface area contributed by atoms with Gasteiger partial charge >= 0.3 is 0 Å². The Morgan fingerprint density at radius 1 is 1.00 bits per heavy atom. The molecule has 0 unspecified atom stereocenters. The summed E-state index contributed by atoms with van der Waals surface area (Å²) in [7, 11) is 4.40. The quantitative estimate of drug-likeness (QED) is 0.770. The highest BCUT2D eigenvalue weighted by molar-refractivity contribution is 4.78. The lowest BCUT2D eigenvalue weighted by molar-refractivity contribution is 0.0196. The van der Waals surface area contributed by atoms with Crippen molar-refractivity contribution in [2.75, 3.05) is 27.9 Å². The van der Waals surface area contributed by atoms with Gasteiger partial charge in [0.2, 0.25) is 0 Å². The van der Waals surface area contributed by atoms with Crippen LogP contribution in [0.15, 0.2) is 12.2 Å². The van der Waals surface area contributed by atoms with Crippen LogP contribution < -0.4 is 5.73 Å². The lowest BCUT2D eigenvalue weighted by Crippen LogP contribution is -2.32. The molecule has 0 amide bonds. The van der Waals surface area contributed by atoms with Crippen LogP contribution in [-0.4, -0.2) is 44.2 Å². The van der Waals surface area contributed by atoms with Crippen LogP contribution in [0.4, 0.5) is 0 Å². The molecule has 3 N–H and O–H groups in total. The first-order valence-corrected chi connectivity index (χ1v) is 6.85. The van der Waals surface area contributed by atoms with Gasteiger partial charge in [-0.1, -0.05) is 19.9 Å². The third-order valence-electron chi connectivity index (χ3n) is 2.45. The van der Waals surface area contributed by atoms with Gasteiger partial charge in [0.15, 0.2) is 0 Å². The van der Waals surface area contributed by atoms with Crippen molar-refractivity contribution in [1.82, 2.24) is 0 Å². The number of aliphatic hydroxyl groups is 1. The van der Waals surface area contributed by atoms with Crippen LogP contribution in [-0.2, 0) is 9.47 Å². The zero-order valence-corrected chi connectivity index (χ0v) is 15.5. The second kappa shape index (κ2) is 19.6. The molecule has 0 rings (SSSR count). The van der Waals surface area contributed by atoms with Crippen LogP contribution in [0.5, 0.6) is 0 Å². The molecule has 0 aliphatic carbocycles. The van der Waals surface area contributed by atoms with Crippen LogP contribution >= 0.6 is 0 Å². The maximum absolute atomic E-state index is 7.00. The van der Waals surface area contributed by atoms with E-state index in [1.165, 1.54) is 5.57 Å². The molecule has 0 fully saturated rings. The Morgan fingerprint density at radius 2 is 1.24 bits per heavy atom. The standard InChI is InChI=1S/C6H14O.C5H13NO.C4H8.CH4O.CH4/c1-5-6(2,3)7-4;1-5(2,4-6)7-3;1-4(2)3;1-2;/h5H2,1-4H3;4,6H2,1-3H3;1H2,2-3H3;2H,1H3;1H4. The maximum Gasteiger partial charge on any atom is 0.0744 e. The Labute approximate surface area is 134 Å². The highest BCUT2D eigenvalue weighted by Crippen LogP contribution is 2.10. The molecule has 4 nitrogen and oxygen atoms in total. The third-order valence-corrected chi connectivity index (χ3v) is 2.45. The molecule has 21 heavy (non-hydrogen) atoms. The molecule has 0 aromatic rings. The van der Waals surface area contributed by atoms with Crippen molar-refractivity contribution in [3.05, 3.63) is 12.2 Å². The minimum Gasteiger partial charge on any atom is -0.400 e. The molecule has 0 aliphatic heterocycles. The Morgan fingerprint density at radius 3 is 1.24 bits per heavy atom. The molecule has 0 saturated carbocycles. The van der Waals surface area contributed by atoms with Crippen molar-refractivity contribution in [1.29, 1.82) is 0 Å². The molecule has 0 radical (unpaired) electrons. The molecule has 4 heteroatoms. The van der Waals surface area contributed by atoms with Crippen LogP contribution in [0.25, 0.3) is 0 Å². The van der Waals surface area contributed by atoms with Crippen molar-refractivity contribution < 1.29 is 14.6 Å². The van der Waals surface area contributed by atoms with Gasteiger partial charge in [-0.25, -0.2) is 0 Å². The zero-order valence-electron chi connectivity index (χ0n) is 15.5. The number of ether oxygens (including phenoxy) is 2. The van der Waals surface area contributed by atoms with Gasteiger partial charge in [-0.15, -0.1) is 6.58 Å². The van der Waals surface area contributed by atoms with E-state index in [4.69, 9.17) is 20.3 Å². The lowest BCUT2D eigenvalue weighted by Gasteiger charge is -2.19. The van der Waals surface area contributed by atoms with Crippen LogP contribution in [0.1, 0.15) is 62.3 Å². The number of nitrogens with two attached hydrogens (primary N) is 1. The van der Waals surface area contributed by atoms with E-state index < -0.39 is 0 Å². The Kier molecular flexibility index (Phi) is 30.3. The second-order valence-corrected chi connectivity index (χ2v) is 5.69. The van der Waals surface area contributed by atoms with E-state index >= 15 is 0 Å². The van der Waals surface area contributed by atoms with Gasteiger partial charge in [0.05, 0.1) is 11.2 Å². The molecule has 0 spiro atoms. The monoisotopic (exact) mass is 309 g/mol. The second-order valence-electron chi connectivity index (χ2n) is 5.69. The fourth-order valence-corrected chi connectivity index (χ4v) is 0.228. The predicted molar refractivity (Wildman–Crippen MR) is 96.9 cm³/mol. The van der Waals surface area contributed by atoms with Gasteiger partial charge in [-0.2, -0.15) is 0 Å². The zero-order chi connectivity index (χ0) is 17.4. The molecule has 0 saturated heterocycles. The van der Waals surface area contributed by atoms with E-state index in [0.29, 0.717) is 6.54 Å². The van der Waals surface area contributed by atoms with Crippen molar-refractivity contribution in [2.45, 2.75) is 73.5 Å². The van der Waals surface area contributed by atoms with Crippen molar-refractivity contribution in [2.24, 2.45) is 5.73 Å². The molecule has 0 aliphatic rings. The number of hydrogen-bond acceptors (Lipinski definition) is 4. The summed E-state index contributed by atoms with van der Waals surface area (Å²) < 4.78 is 10.0. The van der Waals surface area contributed by atoms with E-state index in [1.807, 2.05) is 27.7 Å². The normalized spacial score (nSPS) is 9.52. The number of aliphatic hydroxyl groups excluding tert-OH is 1. The molecule has 0 heterocycles. The number of methoxy groups -OCH3 is 2. The van der Waals surface area contributed by atoms with Crippen molar-refractivity contribution >= 4 is 0 Å². The van der Waals surface area contributed by atoms with Gasteiger partial charge in [0, 0.05) is 27.9 Å². The molecule has 134 valence electrons. The summed E-state index contributed by atoms with van der Waals surface area (Å²) in [5, 5.41) is 7.00. The van der Waals surface area contributed by atoms with E-state index in [0.717, 1.165) is 13.5 Å². The van der Waals surface area contributed by atoms with Gasteiger partial charge in [-0.3, -0.25) is 0 Å². The number of hydrogen-bond donors (Lipinski definition) is 2. The molecule has 0 aromatic carbocycles. The highest BCUT2D eigenvalue weighted by Gasteiger charge is 2.11. The summed E-state index contributed by atoms with van der Waals surface area (Å²) in [4.78, 5) is 0. The summed E-state index contributed by atoms with van der Waals surface area (Å²) in [6.07, 6.45) is 1.07. The molecule has 0 atom stereocenters. The highest BCUT2D eigenvalue weighted by atomic mass is 16.5. The first kappa shape index (κ1) is 32.5. The SMILES string of the molecule is C.C=C(C)C.CCC(C)(C)OC.CO.COC(C)(C)CN. The van der Waals surface area contributed by atoms with Gasteiger partial charge in [-0.05, 0) is 48.0 Å². The van der Waals surface area contributed by atoms with Gasteiger partial charge in [0.1, 0.15) is 0 Å². The number of rotatable bonds is 4.